The fourth-order valence-corrected chi connectivity index (χ4v) is 1.44. The van der Waals surface area contributed by atoms with E-state index in [1.54, 1.807) is 36.8 Å². The molecule has 2 N–H and O–H groups in total. The van der Waals surface area contributed by atoms with Crippen LogP contribution in [0, 0.1) is 0 Å². The van der Waals surface area contributed by atoms with Crippen molar-refractivity contribution in [2.75, 3.05) is 12.8 Å². The Labute approximate surface area is 98.3 Å². The first-order chi connectivity index (χ1) is 8.20. The molecule has 2 heterocycles. The van der Waals surface area contributed by atoms with Crippen LogP contribution in [-0.4, -0.2) is 23.0 Å². The van der Waals surface area contributed by atoms with E-state index in [-0.39, 0.29) is 5.69 Å². The summed E-state index contributed by atoms with van der Waals surface area (Å²) in [5, 5.41) is 0. The highest BCUT2D eigenvalue weighted by molar-refractivity contribution is 5.88. The average molecular weight is 229 g/mol. The Morgan fingerprint density at radius 2 is 2.12 bits per heavy atom. The van der Waals surface area contributed by atoms with E-state index in [4.69, 9.17) is 5.73 Å². The molecule has 2 aromatic heterocycles. The maximum Gasteiger partial charge on any atom is 0.356 e. The van der Waals surface area contributed by atoms with E-state index < -0.39 is 5.97 Å². The lowest BCUT2D eigenvalue weighted by molar-refractivity contribution is 0.0594. The van der Waals surface area contributed by atoms with E-state index >= 15 is 0 Å². The van der Waals surface area contributed by atoms with Gasteiger partial charge in [-0.25, -0.2) is 9.78 Å². The van der Waals surface area contributed by atoms with Gasteiger partial charge in [-0.2, -0.15) is 0 Å². The second kappa shape index (κ2) is 4.61. The van der Waals surface area contributed by atoms with E-state index in [2.05, 4.69) is 14.7 Å². The number of pyridine rings is 2. The smallest absolute Gasteiger partial charge is 0.356 e. The molecule has 0 spiro atoms. The van der Waals surface area contributed by atoms with Gasteiger partial charge in [0.2, 0.25) is 0 Å². The molecule has 5 heteroatoms. The third-order valence-electron chi connectivity index (χ3n) is 2.25. The lowest BCUT2D eigenvalue weighted by atomic mass is 10.1. The molecule has 0 aromatic carbocycles. The number of hydrogen-bond acceptors (Lipinski definition) is 5. The van der Waals surface area contributed by atoms with E-state index in [0.29, 0.717) is 5.69 Å². The molecular formula is C12H11N3O2. The molecular weight excluding hydrogens is 218 g/mol. The van der Waals surface area contributed by atoms with Gasteiger partial charge in [-0.15, -0.1) is 0 Å². The summed E-state index contributed by atoms with van der Waals surface area (Å²) in [5.41, 5.74) is 8.13. The van der Waals surface area contributed by atoms with Gasteiger partial charge in [0.15, 0.2) is 0 Å². The summed E-state index contributed by atoms with van der Waals surface area (Å²) in [6.45, 7) is 0. The SMILES string of the molecule is COC(=O)c1cc(-c2cncc(N)c2)ccn1. The van der Waals surface area contributed by atoms with Gasteiger partial charge < -0.3 is 10.5 Å². The number of esters is 1. The number of nitrogen functional groups attached to an aromatic ring is 1. The summed E-state index contributed by atoms with van der Waals surface area (Å²) in [6.07, 6.45) is 4.78. The zero-order valence-corrected chi connectivity index (χ0v) is 9.25. The number of methoxy groups -OCH3 is 1. The minimum atomic E-state index is -0.469. The second-order valence-electron chi connectivity index (χ2n) is 3.43. The molecule has 0 amide bonds. The summed E-state index contributed by atoms with van der Waals surface area (Å²) in [4.78, 5) is 19.3. The van der Waals surface area contributed by atoms with Gasteiger partial charge in [0.05, 0.1) is 12.8 Å². The second-order valence-corrected chi connectivity index (χ2v) is 3.43. The Bertz CT molecular complexity index is 555. The van der Waals surface area contributed by atoms with Crippen LogP contribution in [0.1, 0.15) is 10.5 Å². The van der Waals surface area contributed by atoms with Gasteiger partial charge >= 0.3 is 5.97 Å². The lowest BCUT2D eigenvalue weighted by Gasteiger charge is -2.04. The summed E-state index contributed by atoms with van der Waals surface area (Å²) >= 11 is 0. The first-order valence-corrected chi connectivity index (χ1v) is 4.96. The molecule has 0 fully saturated rings. The van der Waals surface area contributed by atoms with Crippen molar-refractivity contribution in [1.29, 1.82) is 0 Å². The van der Waals surface area contributed by atoms with E-state index in [9.17, 15) is 4.79 Å². The maximum absolute atomic E-state index is 11.3. The molecule has 0 bridgehead atoms. The maximum atomic E-state index is 11.3. The van der Waals surface area contributed by atoms with Crippen LogP contribution in [0.25, 0.3) is 11.1 Å². The minimum absolute atomic E-state index is 0.257. The molecule has 0 aliphatic heterocycles. The fraction of sp³-hybridized carbons (Fsp3) is 0.0833. The van der Waals surface area contributed by atoms with E-state index in [1.807, 2.05) is 0 Å². The Kier molecular flexibility index (Phi) is 3.00. The summed E-state index contributed by atoms with van der Waals surface area (Å²) in [5.74, 6) is -0.469. The fourth-order valence-electron chi connectivity index (χ4n) is 1.44. The summed E-state index contributed by atoms with van der Waals surface area (Å²) in [7, 11) is 1.32. The number of aromatic nitrogens is 2. The molecule has 0 unspecified atom stereocenters. The third-order valence-corrected chi connectivity index (χ3v) is 2.25. The van der Waals surface area contributed by atoms with Gasteiger partial charge in [-0.1, -0.05) is 0 Å². The number of ether oxygens (including phenoxy) is 1. The van der Waals surface area contributed by atoms with Crippen LogP contribution in [-0.2, 0) is 4.74 Å². The van der Waals surface area contributed by atoms with E-state index in [0.717, 1.165) is 11.1 Å². The zero-order valence-electron chi connectivity index (χ0n) is 9.25. The Morgan fingerprint density at radius 3 is 2.82 bits per heavy atom. The van der Waals surface area contributed by atoms with Crippen LogP contribution in [0.2, 0.25) is 0 Å². The first kappa shape index (κ1) is 11.1. The molecule has 0 atom stereocenters. The highest BCUT2D eigenvalue weighted by Gasteiger charge is 2.08. The quantitative estimate of drug-likeness (QED) is 0.790. The van der Waals surface area contributed by atoms with Crippen molar-refractivity contribution in [3.63, 3.8) is 0 Å². The Morgan fingerprint density at radius 1 is 1.29 bits per heavy atom. The van der Waals surface area contributed by atoms with Crippen molar-refractivity contribution >= 4 is 11.7 Å². The molecule has 5 nitrogen and oxygen atoms in total. The van der Waals surface area contributed by atoms with Crippen LogP contribution < -0.4 is 5.73 Å². The standard InChI is InChI=1S/C12H11N3O2/c1-17-12(16)11-5-8(2-3-15-11)9-4-10(13)7-14-6-9/h2-7H,13H2,1H3. The zero-order chi connectivity index (χ0) is 12.3. The largest absolute Gasteiger partial charge is 0.464 e. The minimum Gasteiger partial charge on any atom is -0.464 e. The topological polar surface area (TPSA) is 78.1 Å². The van der Waals surface area contributed by atoms with Gasteiger partial charge in [-0.05, 0) is 23.8 Å². The molecule has 0 saturated heterocycles. The first-order valence-electron chi connectivity index (χ1n) is 4.96. The van der Waals surface area contributed by atoms with Crippen LogP contribution in [0.15, 0.2) is 36.8 Å². The number of carbonyl (C=O) groups excluding carboxylic acids is 1. The van der Waals surface area contributed by atoms with Crippen molar-refractivity contribution in [1.82, 2.24) is 9.97 Å². The van der Waals surface area contributed by atoms with Crippen molar-refractivity contribution in [3.8, 4) is 11.1 Å². The predicted molar refractivity (Wildman–Crippen MR) is 63.2 cm³/mol. The van der Waals surface area contributed by atoms with Crippen molar-refractivity contribution in [2.24, 2.45) is 0 Å². The van der Waals surface area contributed by atoms with Crippen molar-refractivity contribution < 1.29 is 9.53 Å². The average Bonchev–Trinajstić information content (AvgIpc) is 2.38. The normalized spacial score (nSPS) is 9.94. The molecule has 2 aromatic rings. The Hall–Kier alpha value is -2.43. The highest BCUT2D eigenvalue weighted by atomic mass is 16.5. The van der Waals surface area contributed by atoms with Gasteiger partial charge in [-0.3, -0.25) is 4.98 Å². The van der Waals surface area contributed by atoms with Gasteiger partial charge in [0.1, 0.15) is 5.69 Å². The molecule has 2 rings (SSSR count). The number of carbonyl (C=O) groups is 1. The molecule has 0 aliphatic carbocycles. The van der Waals surface area contributed by atoms with Crippen molar-refractivity contribution in [2.45, 2.75) is 0 Å². The van der Waals surface area contributed by atoms with Crippen molar-refractivity contribution in [3.05, 3.63) is 42.5 Å². The van der Waals surface area contributed by atoms with Crippen LogP contribution in [0.3, 0.4) is 0 Å². The molecule has 17 heavy (non-hydrogen) atoms. The predicted octanol–water partition coefficient (Wildman–Crippen LogP) is 1.51. The monoisotopic (exact) mass is 229 g/mol. The summed E-state index contributed by atoms with van der Waals surface area (Å²) in [6, 6.07) is 5.20. The summed E-state index contributed by atoms with van der Waals surface area (Å²) < 4.78 is 4.61. The van der Waals surface area contributed by atoms with E-state index in [1.165, 1.54) is 7.11 Å². The number of nitrogens with zero attached hydrogens (tertiary/aromatic N) is 2. The van der Waals surface area contributed by atoms with Gasteiger partial charge in [0, 0.05) is 24.2 Å². The highest BCUT2D eigenvalue weighted by Crippen LogP contribution is 2.20. The number of hydrogen-bond donors (Lipinski definition) is 1. The van der Waals surface area contributed by atoms with Crippen LogP contribution in [0.4, 0.5) is 5.69 Å². The third kappa shape index (κ3) is 2.39. The molecule has 0 radical (unpaired) electrons. The number of rotatable bonds is 2. The number of anilines is 1. The molecule has 0 saturated carbocycles. The molecule has 0 aliphatic rings. The number of nitrogens with two attached hydrogens (primary N) is 1. The molecule has 86 valence electrons. The van der Waals surface area contributed by atoms with Crippen LogP contribution >= 0.6 is 0 Å². The van der Waals surface area contributed by atoms with Crippen LogP contribution in [0.5, 0.6) is 0 Å². The van der Waals surface area contributed by atoms with Gasteiger partial charge in [0.25, 0.3) is 0 Å². The Balaban J connectivity index is 2.43. The lowest BCUT2D eigenvalue weighted by Crippen LogP contribution is -2.03.